The Morgan fingerprint density at radius 1 is 0.897 bits per heavy atom. The van der Waals surface area contributed by atoms with E-state index >= 15 is 0 Å². The first-order valence-electron chi connectivity index (χ1n) is 9.37. The summed E-state index contributed by atoms with van der Waals surface area (Å²) in [4.78, 5) is 22.8. The normalized spacial score (nSPS) is 10.5. The van der Waals surface area contributed by atoms with Crippen molar-refractivity contribution < 1.29 is 24.5 Å². The highest BCUT2D eigenvalue weighted by atomic mass is 16.5. The zero-order chi connectivity index (χ0) is 20.8. The second-order valence-corrected chi connectivity index (χ2v) is 6.70. The molecule has 0 radical (unpaired) electrons. The molecule has 0 aliphatic heterocycles. The lowest BCUT2D eigenvalue weighted by atomic mass is 9.90. The Kier molecular flexibility index (Phi) is 6.29. The second kappa shape index (κ2) is 9.06. The molecule has 3 rings (SSSR count). The maximum atomic E-state index is 11.7. The molecular weight excluding hydrogens is 368 g/mol. The molecule has 3 aromatic carbocycles. The van der Waals surface area contributed by atoms with Gasteiger partial charge in [-0.15, -0.1) is 0 Å². The molecule has 2 N–H and O–H groups in total. The largest absolute Gasteiger partial charge is 0.508 e. The lowest BCUT2D eigenvalue weighted by molar-refractivity contribution is 0.111. The molecule has 0 aromatic heterocycles. The number of rotatable bonds is 8. The van der Waals surface area contributed by atoms with Crippen LogP contribution in [0.1, 0.15) is 45.2 Å². The highest BCUT2D eigenvalue weighted by Gasteiger charge is 2.17. The van der Waals surface area contributed by atoms with Crippen LogP contribution in [-0.4, -0.2) is 29.4 Å². The fourth-order valence-corrected chi connectivity index (χ4v) is 3.22. The monoisotopic (exact) mass is 390 g/mol. The van der Waals surface area contributed by atoms with Crippen molar-refractivity contribution in [1.29, 1.82) is 0 Å². The number of phenolic OH excluding ortho intramolecular Hbond substituents is 2. The average molecular weight is 390 g/mol. The maximum absolute atomic E-state index is 11.7. The lowest BCUT2D eigenvalue weighted by Crippen LogP contribution is -1.99. The van der Waals surface area contributed by atoms with E-state index in [2.05, 4.69) is 0 Å². The van der Waals surface area contributed by atoms with Crippen molar-refractivity contribution in [3.05, 3.63) is 76.9 Å². The van der Waals surface area contributed by atoms with Gasteiger partial charge in [0.1, 0.15) is 23.5 Å². The predicted octanol–water partition coefficient (Wildman–Crippen LogP) is 4.77. The van der Waals surface area contributed by atoms with Crippen LogP contribution in [0, 0.1) is 0 Å². The molecule has 3 aromatic rings. The number of hydrogen-bond acceptors (Lipinski definition) is 5. The van der Waals surface area contributed by atoms with Crippen LogP contribution in [0.5, 0.6) is 17.2 Å². The van der Waals surface area contributed by atoms with E-state index in [1.807, 2.05) is 31.2 Å². The Morgan fingerprint density at radius 3 is 2.28 bits per heavy atom. The smallest absolute Gasteiger partial charge is 0.150 e. The van der Waals surface area contributed by atoms with Gasteiger partial charge in [0.2, 0.25) is 0 Å². The van der Waals surface area contributed by atoms with Crippen molar-refractivity contribution in [3.8, 4) is 28.4 Å². The molecule has 0 unspecified atom stereocenters. The quantitative estimate of drug-likeness (QED) is 0.541. The zero-order valence-corrected chi connectivity index (χ0v) is 16.1. The summed E-state index contributed by atoms with van der Waals surface area (Å²) in [5, 5.41) is 20.7. The molecule has 0 atom stereocenters. The summed E-state index contributed by atoms with van der Waals surface area (Å²) in [5.41, 5.74) is 3.15. The third-order valence-corrected chi connectivity index (χ3v) is 4.67. The predicted molar refractivity (Wildman–Crippen MR) is 111 cm³/mol. The van der Waals surface area contributed by atoms with Gasteiger partial charge in [0.15, 0.2) is 6.29 Å². The molecule has 0 amide bonds. The molecule has 0 saturated carbocycles. The first-order chi connectivity index (χ1) is 14.1. The van der Waals surface area contributed by atoms with Gasteiger partial charge in [-0.2, -0.15) is 0 Å². The van der Waals surface area contributed by atoms with Crippen LogP contribution in [0.4, 0.5) is 0 Å². The number of carbonyl (C=O) groups is 2. The van der Waals surface area contributed by atoms with Crippen LogP contribution >= 0.6 is 0 Å². The fourth-order valence-electron chi connectivity index (χ4n) is 3.22. The van der Waals surface area contributed by atoms with E-state index in [1.54, 1.807) is 12.1 Å². The van der Waals surface area contributed by atoms with Gasteiger partial charge < -0.3 is 14.9 Å². The molecule has 29 heavy (non-hydrogen) atoms. The number of phenols is 2. The molecule has 0 aliphatic rings. The molecule has 5 nitrogen and oxygen atoms in total. The van der Waals surface area contributed by atoms with Gasteiger partial charge in [-0.3, -0.25) is 9.59 Å². The van der Waals surface area contributed by atoms with E-state index in [9.17, 15) is 19.8 Å². The number of aldehydes is 2. The number of benzene rings is 3. The van der Waals surface area contributed by atoms with Crippen LogP contribution in [0.2, 0.25) is 0 Å². The van der Waals surface area contributed by atoms with Crippen LogP contribution in [0.3, 0.4) is 0 Å². The van der Waals surface area contributed by atoms with Crippen LogP contribution in [-0.2, 0) is 6.42 Å². The van der Waals surface area contributed by atoms with Gasteiger partial charge in [-0.25, -0.2) is 0 Å². The standard InChI is InChI=1S/C24H22O5/c1-2-11-29-20-7-4-17(5-8-20)24-18(15-26)6-10-23(28)21(24)13-19-12-16(14-25)3-9-22(19)27/h3-10,12,14-15,27-28H,2,11,13H2,1H3. The molecule has 0 bridgehead atoms. The summed E-state index contributed by atoms with van der Waals surface area (Å²) in [7, 11) is 0. The van der Waals surface area contributed by atoms with Crippen LogP contribution < -0.4 is 4.74 Å². The molecule has 0 saturated heterocycles. The molecule has 0 fully saturated rings. The van der Waals surface area contributed by atoms with Crippen molar-refractivity contribution in [3.63, 3.8) is 0 Å². The van der Waals surface area contributed by atoms with Gasteiger partial charge >= 0.3 is 0 Å². The molecular formula is C24H22O5. The average Bonchev–Trinajstić information content (AvgIpc) is 2.75. The van der Waals surface area contributed by atoms with Crippen LogP contribution in [0.15, 0.2) is 54.6 Å². The van der Waals surface area contributed by atoms with Gasteiger partial charge in [0.05, 0.1) is 6.61 Å². The Balaban J connectivity index is 2.08. The maximum Gasteiger partial charge on any atom is 0.150 e. The van der Waals surface area contributed by atoms with E-state index in [0.29, 0.717) is 40.7 Å². The second-order valence-electron chi connectivity index (χ2n) is 6.70. The summed E-state index contributed by atoms with van der Waals surface area (Å²) in [6, 6.07) is 14.8. The molecule has 5 heteroatoms. The minimum Gasteiger partial charge on any atom is -0.508 e. The fraction of sp³-hybridized carbons (Fsp3) is 0.167. The summed E-state index contributed by atoms with van der Waals surface area (Å²) >= 11 is 0. The number of carbonyl (C=O) groups excluding carboxylic acids is 2. The third kappa shape index (κ3) is 4.46. The van der Waals surface area contributed by atoms with Crippen molar-refractivity contribution in [2.45, 2.75) is 19.8 Å². The lowest BCUT2D eigenvalue weighted by Gasteiger charge is -2.16. The number of hydrogen-bond donors (Lipinski definition) is 2. The van der Waals surface area contributed by atoms with E-state index in [0.717, 1.165) is 24.0 Å². The molecule has 148 valence electrons. The Morgan fingerprint density at radius 2 is 1.62 bits per heavy atom. The van der Waals surface area contributed by atoms with Gasteiger partial charge in [-0.1, -0.05) is 19.1 Å². The summed E-state index contributed by atoms with van der Waals surface area (Å²) in [5.74, 6) is 0.745. The van der Waals surface area contributed by atoms with Gasteiger partial charge in [0.25, 0.3) is 0 Å². The van der Waals surface area contributed by atoms with Crippen LogP contribution in [0.25, 0.3) is 11.1 Å². The minimum atomic E-state index is 0.00724. The van der Waals surface area contributed by atoms with Gasteiger partial charge in [0, 0.05) is 23.1 Å². The van der Waals surface area contributed by atoms with Crippen molar-refractivity contribution >= 4 is 12.6 Å². The van der Waals surface area contributed by atoms with E-state index in [4.69, 9.17) is 4.74 Å². The van der Waals surface area contributed by atoms with Crippen molar-refractivity contribution in [2.75, 3.05) is 6.61 Å². The first-order valence-corrected chi connectivity index (χ1v) is 9.37. The Hall–Kier alpha value is -3.60. The van der Waals surface area contributed by atoms with E-state index < -0.39 is 0 Å². The first kappa shape index (κ1) is 20.1. The molecule has 0 spiro atoms. The molecule has 0 heterocycles. The number of ether oxygens (including phenoxy) is 1. The van der Waals surface area contributed by atoms with Crippen molar-refractivity contribution in [1.82, 2.24) is 0 Å². The number of aromatic hydroxyl groups is 2. The highest BCUT2D eigenvalue weighted by Crippen LogP contribution is 2.36. The minimum absolute atomic E-state index is 0.00724. The van der Waals surface area contributed by atoms with E-state index in [1.165, 1.54) is 18.2 Å². The Labute approximate surface area is 169 Å². The van der Waals surface area contributed by atoms with E-state index in [-0.39, 0.29) is 17.9 Å². The molecule has 0 aliphatic carbocycles. The summed E-state index contributed by atoms with van der Waals surface area (Å²) < 4.78 is 5.61. The van der Waals surface area contributed by atoms with Gasteiger partial charge in [-0.05, 0) is 65.6 Å². The Bertz CT molecular complexity index is 1020. The topological polar surface area (TPSA) is 83.8 Å². The summed E-state index contributed by atoms with van der Waals surface area (Å²) in [6.07, 6.45) is 2.49. The summed E-state index contributed by atoms with van der Waals surface area (Å²) in [6.45, 7) is 2.64. The SMILES string of the molecule is CCCOc1ccc(-c2c(C=O)ccc(O)c2Cc2cc(C=O)ccc2O)cc1. The zero-order valence-electron chi connectivity index (χ0n) is 16.1. The van der Waals surface area contributed by atoms with Crippen molar-refractivity contribution in [2.24, 2.45) is 0 Å². The highest BCUT2D eigenvalue weighted by molar-refractivity contribution is 5.90. The third-order valence-electron chi connectivity index (χ3n) is 4.67.